The molecule has 0 fully saturated rings. The molecule has 4 atom stereocenters. The number of phenols is 2. The van der Waals surface area contributed by atoms with Crippen LogP contribution in [0, 0.1) is 0 Å². The van der Waals surface area contributed by atoms with E-state index in [1.54, 1.807) is 12.1 Å². The first-order chi connectivity index (χ1) is 18.9. The quantitative estimate of drug-likeness (QED) is 0.124. The number of carboxylic acid groups (broad SMARTS) is 2. The van der Waals surface area contributed by atoms with Crippen LogP contribution in [0.4, 0.5) is 0 Å². The Labute approximate surface area is 235 Å². The van der Waals surface area contributed by atoms with E-state index in [9.17, 15) is 39.3 Å². The van der Waals surface area contributed by atoms with E-state index in [4.69, 9.17) is 10.8 Å². The highest BCUT2D eigenvalue weighted by Crippen LogP contribution is 2.13. The van der Waals surface area contributed by atoms with Crippen LogP contribution in [0.5, 0.6) is 11.5 Å². The molecule has 0 spiro atoms. The third-order valence-corrected chi connectivity index (χ3v) is 6.18. The van der Waals surface area contributed by atoms with E-state index >= 15 is 0 Å². The predicted molar refractivity (Wildman–Crippen MR) is 146 cm³/mol. The maximum atomic E-state index is 13.2. The summed E-state index contributed by atoms with van der Waals surface area (Å²) in [4.78, 5) is 61.6. The number of carboxylic acids is 2. The topological polar surface area (TPSA) is 228 Å². The Hall–Kier alpha value is -4.30. The first-order valence-electron chi connectivity index (χ1n) is 12.2. The van der Waals surface area contributed by atoms with Crippen LogP contribution in [0.25, 0.3) is 0 Å². The Balaban J connectivity index is 2.22. The van der Waals surface area contributed by atoms with Crippen molar-refractivity contribution in [3.63, 3.8) is 0 Å². The van der Waals surface area contributed by atoms with Crippen molar-refractivity contribution in [1.82, 2.24) is 16.0 Å². The molecule has 40 heavy (non-hydrogen) atoms. The molecule has 0 bridgehead atoms. The first kappa shape index (κ1) is 31.9. The fourth-order valence-corrected chi connectivity index (χ4v) is 3.85. The van der Waals surface area contributed by atoms with Crippen molar-refractivity contribution in [1.29, 1.82) is 0 Å². The van der Waals surface area contributed by atoms with E-state index < -0.39 is 60.2 Å². The second kappa shape index (κ2) is 15.3. The zero-order valence-electron chi connectivity index (χ0n) is 21.3. The van der Waals surface area contributed by atoms with E-state index in [0.717, 1.165) is 0 Å². The van der Waals surface area contributed by atoms with Crippen LogP contribution in [0.15, 0.2) is 48.5 Å². The van der Waals surface area contributed by atoms with E-state index in [1.807, 2.05) is 0 Å². The van der Waals surface area contributed by atoms with Crippen LogP contribution >= 0.6 is 12.6 Å². The highest BCUT2D eigenvalue weighted by molar-refractivity contribution is 7.80. The van der Waals surface area contributed by atoms with Crippen molar-refractivity contribution in [3.8, 4) is 11.5 Å². The lowest BCUT2D eigenvalue weighted by Crippen LogP contribution is -2.58. The van der Waals surface area contributed by atoms with Gasteiger partial charge in [0.25, 0.3) is 0 Å². The molecule has 0 radical (unpaired) electrons. The third-order valence-electron chi connectivity index (χ3n) is 5.81. The average Bonchev–Trinajstić information content (AvgIpc) is 2.90. The van der Waals surface area contributed by atoms with E-state index in [1.165, 1.54) is 36.4 Å². The van der Waals surface area contributed by atoms with Crippen molar-refractivity contribution < 1.29 is 44.4 Å². The minimum Gasteiger partial charge on any atom is -0.508 e. The summed E-state index contributed by atoms with van der Waals surface area (Å²) >= 11 is 3.92. The van der Waals surface area contributed by atoms with Gasteiger partial charge in [-0.3, -0.25) is 19.2 Å². The van der Waals surface area contributed by atoms with E-state index in [0.29, 0.717) is 11.1 Å². The summed E-state index contributed by atoms with van der Waals surface area (Å²) in [6.07, 6.45) is -0.857. The Bertz CT molecular complexity index is 1190. The molecule has 9 N–H and O–H groups in total. The lowest BCUT2D eigenvalue weighted by Gasteiger charge is -2.25. The molecule has 2 rings (SSSR count). The molecule has 3 amide bonds. The van der Waals surface area contributed by atoms with Crippen molar-refractivity contribution in [3.05, 3.63) is 59.7 Å². The largest absolute Gasteiger partial charge is 0.508 e. The Morgan fingerprint density at radius 1 is 0.700 bits per heavy atom. The molecule has 0 saturated carbocycles. The van der Waals surface area contributed by atoms with Crippen molar-refractivity contribution in [2.45, 2.75) is 49.9 Å². The number of nitrogens with two attached hydrogens (primary N) is 1. The highest BCUT2D eigenvalue weighted by Gasteiger charge is 2.30. The van der Waals surface area contributed by atoms with Gasteiger partial charge in [-0.05, 0) is 48.2 Å². The van der Waals surface area contributed by atoms with Gasteiger partial charge in [0.15, 0.2) is 0 Å². The van der Waals surface area contributed by atoms with Gasteiger partial charge in [-0.1, -0.05) is 24.3 Å². The summed E-state index contributed by atoms with van der Waals surface area (Å²) in [7, 11) is 0. The first-order valence-corrected chi connectivity index (χ1v) is 12.8. The lowest BCUT2D eigenvalue weighted by molar-refractivity contribution is -0.141. The molecule has 14 heteroatoms. The number of aromatic hydroxyl groups is 2. The summed E-state index contributed by atoms with van der Waals surface area (Å²) in [6, 6.07) is 6.54. The number of carbonyl (C=O) groups is 5. The Morgan fingerprint density at radius 3 is 1.62 bits per heavy atom. The van der Waals surface area contributed by atoms with Gasteiger partial charge in [0, 0.05) is 18.6 Å². The number of thiol groups is 1. The van der Waals surface area contributed by atoms with Gasteiger partial charge < -0.3 is 42.1 Å². The summed E-state index contributed by atoms with van der Waals surface area (Å²) in [5.41, 5.74) is 7.13. The summed E-state index contributed by atoms with van der Waals surface area (Å²) in [5, 5.41) is 44.5. The fraction of sp³-hybridized carbons (Fsp3) is 0.346. The molecule has 0 aliphatic carbocycles. The molecule has 0 aliphatic heterocycles. The molecule has 4 unspecified atom stereocenters. The molecule has 0 aliphatic rings. The van der Waals surface area contributed by atoms with Gasteiger partial charge in [0.2, 0.25) is 17.7 Å². The van der Waals surface area contributed by atoms with Crippen molar-refractivity contribution in [2.75, 3.05) is 5.75 Å². The second-order valence-electron chi connectivity index (χ2n) is 8.98. The number of phenolic OH excluding ortho intramolecular Hbond substituents is 2. The van der Waals surface area contributed by atoms with Crippen LogP contribution < -0.4 is 21.7 Å². The molecule has 0 heterocycles. The zero-order chi connectivity index (χ0) is 29.8. The van der Waals surface area contributed by atoms with Gasteiger partial charge >= 0.3 is 11.9 Å². The SMILES string of the molecule is NC(Cc1ccc(O)cc1)C(=O)NC(CCC(=O)O)C(=O)NC(Cc1ccc(O)cc1)C(=O)NC(CS)C(=O)O. The molecule has 2 aromatic rings. The third kappa shape index (κ3) is 10.5. The molecular formula is C26H32N4O9S. The van der Waals surface area contributed by atoms with Gasteiger partial charge in [-0.25, -0.2) is 4.79 Å². The number of rotatable bonds is 15. The molecule has 13 nitrogen and oxygen atoms in total. The van der Waals surface area contributed by atoms with Crippen LogP contribution in [0.1, 0.15) is 24.0 Å². The second-order valence-corrected chi connectivity index (χ2v) is 9.35. The van der Waals surface area contributed by atoms with Crippen molar-refractivity contribution >= 4 is 42.3 Å². The number of carbonyl (C=O) groups excluding carboxylic acids is 3. The summed E-state index contributed by atoms with van der Waals surface area (Å²) in [5.74, 6) is -5.28. The standard InChI is InChI=1S/C26H32N4O9S/c27-18(11-14-1-5-16(31)6-2-14)23(35)28-19(9-10-22(33)34)24(36)29-20(12-15-3-7-17(32)8-4-15)25(37)30-21(13-40)26(38)39/h1-8,18-21,31-32,40H,9-13,27H2,(H,28,35)(H,29,36)(H,30,37)(H,33,34)(H,38,39). The zero-order valence-corrected chi connectivity index (χ0v) is 22.2. The van der Waals surface area contributed by atoms with Gasteiger partial charge in [-0.15, -0.1) is 0 Å². The fourth-order valence-electron chi connectivity index (χ4n) is 3.60. The molecule has 0 saturated heterocycles. The molecular weight excluding hydrogens is 544 g/mol. The van der Waals surface area contributed by atoms with Gasteiger partial charge in [0.1, 0.15) is 29.6 Å². The maximum absolute atomic E-state index is 13.2. The predicted octanol–water partition coefficient (Wildman–Crippen LogP) is -0.456. The van der Waals surface area contributed by atoms with Gasteiger partial charge in [-0.2, -0.15) is 12.6 Å². The van der Waals surface area contributed by atoms with Crippen LogP contribution in [0.2, 0.25) is 0 Å². The van der Waals surface area contributed by atoms with Crippen molar-refractivity contribution in [2.24, 2.45) is 5.73 Å². The number of benzene rings is 2. The normalized spacial score (nSPS) is 13.8. The number of nitrogens with one attached hydrogen (secondary N) is 3. The lowest BCUT2D eigenvalue weighted by atomic mass is 10.0. The summed E-state index contributed by atoms with van der Waals surface area (Å²) in [6.45, 7) is 0. The molecule has 216 valence electrons. The minimum absolute atomic E-state index is 0.0297. The molecule has 2 aromatic carbocycles. The Kier molecular flexibility index (Phi) is 12.2. The average molecular weight is 577 g/mol. The summed E-state index contributed by atoms with van der Waals surface area (Å²) < 4.78 is 0. The molecule has 0 aromatic heterocycles. The van der Waals surface area contributed by atoms with Crippen LogP contribution in [-0.2, 0) is 36.8 Å². The smallest absolute Gasteiger partial charge is 0.327 e. The van der Waals surface area contributed by atoms with Crippen LogP contribution in [0.3, 0.4) is 0 Å². The number of hydrogen-bond acceptors (Lipinski definition) is 9. The highest BCUT2D eigenvalue weighted by atomic mass is 32.1. The van der Waals surface area contributed by atoms with E-state index in [2.05, 4.69) is 28.6 Å². The minimum atomic E-state index is -1.38. The number of aliphatic carboxylic acids is 2. The van der Waals surface area contributed by atoms with Crippen LogP contribution in [-0.4, -0.2) is 80.0 Å². The number of hydrogen-bond donors (Lipinski definition) is 9. The number of amides is 3. The van der Waals surface area contributed by atoms with E-state index in [-0.39, 0.29) is 36.5 Å². The van der Waals surface area contributed by atoms with Gasteiger partial charge in [0.05, 0.1) is 6.04 Å². The maximum Gasteiger partial charge on any atom is 0.327 e. The monoisotopic (exact) mass is 576 g/mol. The Morgan fingerprint density at radius 2 is 1.15 bits per heavy atom.